The van der Waals surface area contributed by atoms with Crippen molar-refractivity contribution in [1.82, 2.24) is 4.98 Å². The normalized spacial score (nSPS) is 12.1. The Bertz CT molecular complexity index is 345. The quantitative estimate of drug-likeness (QED) is 0.878. The van der Waals surface area contributed by atoms with E-state index in [4.69, 9.17) is 5.73 Å². The molecule has 16 heavy (non-hydrogen) atoms. The van der Waals surface area contributed by atoms with Crippen LogP contribution in [0.5, 0.6) is 0 Å². The molecule has 6 heteroatoms. The summed E-state index contributed by atoms with van der Waals surface area (Å²) < 4.78 is 0. The predicted octanol–water partition coefficient (Wildman–Crippen LogP) is 2.10. The summed E-state index contributed by atoms with van der Waals surface area (Å²) in [6.45, 7) is 7.74. The van der Waals surface area contributed by atoms with E-state index in [2.05, 4.69) is 10.3 Å². The Labute approximate surface area is 106 Å². The summed E-state index contributed by atoms with van der Waals surface area (Å²) in [4.78, 5) is 16.9. The average molecular weight is 264 g/mol. The first kappa shape index (κ1) is 15.3. The summed E-state index contributed by atoms with van der Waals surface area (Å²) in [5.74, 6) is -0.0362. The van der Waals surface area contributed by atoms with E-state index in [0.29, 0.717) is 5.13 Å². The highest BCUT2D eigenvalue weighted by molar-refractivity contribution is 7.15. The van der Waals surface area contributed by atoms with E-state index < -0.39 is 6.04 Å². The first-order chi connectivity index (χ1) is 6.91. The number of anilines is 1. The van der Waals surface area contributed by atoms with Crippen LogP contribution in [0.2, 0.25) is 0 Å². The van der Waals surface area contributed by atoms with Crippen molar-refractivity contribution in [1.29, 1.82) is 0 Å². The fraction of sp³-hybridized carbons (Fsp3) is 0.600. The van der Waals surface area contributed by atoms with Crippen LogP contribution in [0.3, 0.4) is 0 Å². The summed E-state index contributed by atoms with van der Waals surface area (Å²) in [5.41, 5.74) is 6.67. The molecule has 3 N–H and O–H groups in total. The Morgan fingerprint density at radius 3 is 2.38 bits per heavy atom. The van der Waals surface area contributed by atoms with Gasteiger partial charge >= 0.3 is 0 Å². The highest BCUT2D eigenvalue weighted by Crippen LogP contribution is 2.21. The minimum atomic E-state index is -0.477. The minimum Gasteiger partial charge on any atom is -0.320 e. The van der Waals surface area contributed by atoms with Crippen LogP contribution in [-0.2, 0) is 4.79 Å². The van der Waals surface area contributed by atoms with E-state index in [1.165, 1.54) is 11.3 Å². The molecule has 1 aromatic rings. The number of thiazole rings is 1. The van der Waals surface area contributed by atoms with E-state index in [1.54, 1.807) is 0 Å². The molecule has 92 valence electrons. The monoisotopic (exact) mass is 263 g/mol. The molecule has 0 aliphatic carbocycles. The van der Waals surface area contributed by atoms with Crippen molar-refractivity contribution < 1.29 is 4.79 Å². The van der Waals surface area contributed by atoms with Gasteiger partial charge in [-0.05, 0) is 19.8 Å². The van der Waals surface area contributed by atoms with Crippen molar-refractivity contribution in [3.05, 3.63) is 10.6 Å². The Hall–Kier alpha value is -0.650. The van der Waals surface area contributed by atoms with Crippen LogP contribution in [0.4, 0.5) is 5.13 Å². The van der Waals surface area contributed by atoms with Crippen molar-refractivity contribution >= 4 is 34.8 Å². The van der Waals surface area contributed by atoms with Gasteiger partial charge in [-0.3, -0.25) is 4.79 Å². The number of nitrogens with two attached hydrogens (primary N) is 1. The van der Waals surface area contributed by atoms with Crippen LogP contribution in [0.25, 0.3) is 0 Å². The van der Waals surface area contributed by atoms with Crippen molar-refractivity contribution in [2.45, 2.75) is 33.7 Å². The molecule has 1 atom stereocenters. The number of hydrogen-bond acceptors (Lipinski definition) is 4. The summed E-state index contributed by atoms with van der Waals surface area (Å²) in [6.07, 6.45) is 0. The van der Waals surface area contributed by atoms with Gasteiger partial charge in [-0.2, -0.15) is 0 Å². The molecule has 1 heterocycles. The first-order valence-electron chi connectivity index (χ1n) is 4.92. The lowest BCUT2D eigenvalue weighted by molar-refractivity contribution is -0.118. The molecule has 0 saturated carbocycles. The number of hydrogen-bond donors (Lipinski definition) is 2. The number of carbonyl (C=O) groups is 1. The topological polar surface area (TPSA) is 68.0 Å². The number of amides is 1. The molecule has 0 radical (unpaired) electrons. The zero-order valence-electron chi connectivity index (χ0n) is 9.90. The molecule has 0 unspecified atom stereocenters. The molecule has 1 amide bonds. The van der Waals surface area contributed by atoms with Gasteiger partial charge in [-0.15, -0.1) is 23.7 Å². The molecule has 0 aliphatic rings. The third-order valence-corrected chi connectivity index (χ3v) is 3.27. The highest BCUT2D eigenvalue weighted by Gasteiger charge is 2.18. The van der Waals surface area contributed by atoms with Crippen molar-refractivity contribution in [3.63, 3.8) is 0 Å². The SMILES string of the molecule is Cc1nc(NC(=O)[C@H](N)C(C)C)sc1C.Cl. The Kier molecular flexibility index (Phi) is 5.92. The van der Waals surface area contributed by atoms with Gasteiger partial charge < -0.3 is 11.1 Å². The van der Waals surface area contributed by atoms with Gasteiger partial charge in [0.2, 0.25) is 5.91 Å². The van der Waals surface area contributed by atoms with Crippen LogP contribution in [0, 0.1) is 19.8 Å². The van der Waals surface area contributed by atoms with Gasteiger partial charge in [0.25, 0.3) is 0 Å². The molecule has 0 fully saturated rings. The highest BCUT2D eigenvalue weighted by atomic mass is 35.5. The van der Waals surface area contributed by atoms with E-state index in [9.17, 15) is 4.79 Å². The average Bonchev–Trinajstić information content (AvgIpc) is 2.44. The summed E-state index contributed by atoms with van der Waals surface area (Å²) in [6, 6.07) is -0.477. The minimum absolute atomic E-state index is 0. The summed E-state index contributed by atoms with van der Waals surface area (Å²) in [5, 5.41) is 3.36. The second-order valence-corrected chi connectivity index (χ2v) is 5.12. The number of nitrogens with one attached hydrogen (secondary N) is 1. The van der Waals surface area contributed by atoms with Gasteiger partial charge in [0, 0.05) is 4.88 Å². The molecule has 0 aromatic carbocycles. The lowest BCUT2D eigenvalue weighted by Crippen LogP contribution is -2.39. The van der Waals surface area contributed by atoms with Crippen molar-refractivity contribution in [2.75, 3.05) is 5.32 Å². The van der Waals surface area contributed by atoms with Crippen LogP contribution in [-0.4, -0.2) is 16.9 Å². The number of rotatable bonds is 3. The molecule has 0 spiro atoms. The smallest absolute Gasteiger partial charge is 0.243 e. The maximum atomic E-state index is 11.6. The lowest BCUT2D eigenvalue weighted by atomic mass is 10.1. The standard InChI is InChI=1S/C10H17N3OS.ClH/c1-5(2)8(11)9(14)13-10-12-6(3)7(4)15-10;/h5,8H,11H2,1-4H3,(H,12,13,14);1H/t8-;/m1./s1. The van der Waals surface area contributed by atoms with Crippen molar-refractivity contribution in [3.8, 4) is 0 Å². The van der Waals surface area contributed by atoms with Crippen LogP contribution in [0.15, 0.2) is 0 Å². The van der Waals surface area contributed by atoms with Gasteiger partial charge in [-0.1, -0.05) is 13.8 Å². The first-order valence-corrected chi connectivity index (χ1v) is 5.74. The number of aryl methyl sites for hydroxylation is 2. The van der Waals surface area contributed by atoms with E-state index in [-0.39, 0.29) is 24.2 Å². The van der Waals surface area contributed by atoms with Gasteiger partial charge in [-0.25, -0.2) is 4.98 Å². The summed E-state index contributed by atoms with van der Waals surface area (Å²) in [7, 11) is 0. The molecule has 0 bridgehead atoms. The number of aromatic nitrogens is 1. The predicted molar refractivity (Wildman–Crippen MR) is 70.3 cm³/mol. The largest absolute Gasteiger partial charge is 0.320 e. The molecule has 4 nitrogen and oxygen atoms in total. The zero-order chi connectivity index (χ0) is 11.6. The molecule has 0 saturated heterocycles. The van der Waals surface area contributed by atoms with Crippen molar-refractivity contribution in [2.24, 2.45) is 11.7 Å². The number of carbonyl (C=O) groups excluding carboxylic acids is 1. The third kappa shape index (κ3) is 3.73. The van der Waals surface area contributed by atoms with Gasteiger partial charge in [0.1, 0.15) is 0 Å². The molecular formula is C10H18ClN3OS. The van der Waals surface area contributed by atoms with E-state index >= 15 is 0 Å². The Morgan fingerprint density at radius 2 is 2.00 bits per heavy atom. The second-order valence-electron chi connectivity index (χ2n) is 3.92. The van der Waals surface area contributed by atoms with Gasteiger partial charge in [0.15, 0.2) is 5.13 Å². The zero-order valence-corrected chi connectivity index (χ0v) is 11.5. The number of nitrogens with zero attached hydrogens (tertiary/aromatic N) is 1. The van der Waals surface area contributed by atoms with Crippen LogP contribution < -0.4 is 11.1 Å². The Morgan fingerprint density at radius 1 is 1.44 bits per heavy atom. The molecular weight excluding hydrogens is 246 g/mol. The maximum Gasteiger partial charge on any atom is 0.243 e. The summed E-state index contributed by atoms with van der Waals surface area (Å²) >= 11 is 1.47. The third-order valence-electron chi connectivity index (χ3n) is 2.28. The lowest BCUT2D eigenvalue weighted by Gasteiger charge is -2.13. The maximum absolute atomic E-state index is 11.6. The molecule has 1 aromatic heterocycles. The second kappa shape index (κ2) is 6.18. The van der Waals surface area contributed by atoms with Crippen LogP contribution in [0.1, 0.15) is 24.4 Å². The molecule has 1 rings (SSSR count). The fourth-order valence-electron chi connectivity index (χ4n) is 1.02. The van der Waals surface area contributed by atoms with Crippen LogP contribution >= 0.6 is 23.7 Å². The number of halogens is 1. The Balaban J connectivity index is 0.00000225. The van der Waals surface area contributed by atoms with E-state index in [0.717, 1.165) is 10.6 Å². The fourth-order valence-corrected chi connectivity index (χ4v) is 1.84. The molecule has 0 aliphatic heterocycles. The van der Waals surface area contributed by atoms with Gasteiger partial charge in [0.05, 0.1) is 11.7 Å². The van der Waals surface area contributed by atoms with E-state index in [1.807, 2.05) is 27.7 Å².